The van der Waals surface area contributed by atoms with Crippen LogP contribution in [0.25, 0.3) is 0 Å². The Morgan fingerprint density at radius 1 is 0.865 bits per heavy atom. The van der Waals surface area contributed by atoms with E-state index in [1.807, 2.05) is 78.9 Å². The Bertz CT molecular complexity index is 1340. The highest BCUT2D eigenvalue weighted by Crippen LogP contribution is 2.21. The van der Waals surface area contributed by atoms with E-state index in [0.29, 0.717) is 29.5 Å². The maximum Gasteiger partial charge on any atom is 0.250 e. The van der Waals surface area contributed by atoms with Gasteiger partial charge in [-0.05, 0) is 55.2 Å². The lowest BCUT2D eigenvalue weighted by molar-refractivity contribution is 0.306. The van der Waals surface area contributed by atoms with Crippen LogP contribution >= 0.6 is 11.6 Å². The van der Waals surface area contributed by atoms with Gasteiger partial charge in [0.05, 0.1) is 6.21 Å². The molecule has 0 bridgehead atoms. The molecule has 0 atom stereocenters. The van der Waals surface area contributed by atoms with Gasteiger partial charge >= 0.3 is 0 Å². The van der Waals surface area contributed by atoms with Crippen LogP contribution in [0.1, 0.15) is 30.4 Å². The number of hydrogen-bond acceptors (Lipinski definition) is 8. The third-order valence-electron chi connectivity index (χ3n) is 5.88. The summed E-state index contributed by atoms with van der Waals surface area (Å²) in [6, 6.07) is 25.2. The predicted molar refractivity (Wildman–Crippen MR) is 149 cm³/mol. The van der Waals surface area contributed by atoms with E-state index < -0.39 is 0 Å². The lowest BCUT2D eigenvalue weighted by Gasteiger charge is -2.26. The number of rotatable bonds is 9. The molecular weight excluding hydrogens is 486 g/mol. The molecule has 188 valence electrons. The van der Waals surface area contributed by atoms with Crippen molar-refractivity contribution in [1.29, 1.82) is 0 Å². The summed E-state index contributed by atoms with van der Waals surface area (Å²) in [4.78, 5) is 16.0. The second-order valence-corrected chi connectivity index (χ2v) is 9.05. The van der Waals surface area contributed by atoms with E-state index in [0.717, 1.165) is 48.5 Å². The van der Waals surface area contributed by atoms with Crippen molar-refractivity contribution in [3.8, 4) is 5.75 Å². The molecule has 9 heteroatoms. The second-order valence-electron chi connectivity index (χ2n) is 8.64. The van der Waals surface area contributed by atoms with Crippen LogP contribution in [0.5, 0.6) is 5.75 Å². The zero-order valence-corrected chi connectivity index (χ0v) is 21.1. The van der Waals surface area contributed by atoms with E-state index in [9.17, 15) is 0 Å². The summed E-state index contributed by atoms with van der Waals surface area (Å²) in [5.74, 6) is 2.21. The van der Waals surface area contributed by atoms with Crippen LogP contribution in [-0.4, -0.2) is 34.3 Å². The Labute approximate surface area is 221 Å². The average Bonchev–Trinajstić information content (AvgIpc) is 2.94. The number of benzene rings is 3. The fourth-order valence-corrected chi connectivity index (χ4v) is 4.17. The minimum atomic E-state index is 0.372. The summed E-state index contributed by atoms with van der Waals surface area (Å²) in [5.41, 5.74) is 5.68. The first-order valence-corrected chi connectivity index (χ1v) is 12.7. The summed E-state index contributed by atoms with van der Waals surface area (Å²) in [5, 5.41) is 8.32. The number of hydrogen-bond donors (Lipinski definition) is 2. The van der Waals surface area contributed by atoms with Crippen LogP contribution in [0.2, 0.25) is 5.02 Å². The second kappa shape index (κ2) is 12.2. The first-order valence-electron chi connectivity index (χ1n) is 12.3. The Morgan fingerprint density at radius 2 is 1.65 bits per heavy atom. The van der Waals surface area contributed by atoms with Gasteiger partial charge in [0.2, 0.25) is 17.8 Å². The minimum absolute atomic E-state index is 0.372. The Morgan fingerprint density at radius 3 is 2.49 bits per heavy atom. The van der Waals surface area contributed by atoms with Gasteiger partial charge in [-0.2, -0.15) is 20.1 Å². The number of halogens is 1. The third kappa shape index (κ3) is 6.95. The summed E-state index contributed by atoms with van der Waals surface area (Å²) in [7, 11) is 0. The summed E-state index contributed by atoms with van der Waals surface area (Å²) >= 11 is 6.23. The van der Waals surface area contributed by atoms with Gasteiger partial charge < -0.3 is 15.0 Å². The molecule has 4 aromatic rings. The number of para-hydroxylation sites is 1. The van der Waals surface area contributed by atoms with Gasteiger partial charge in [-0.25, -0.2) is 5.43 Å². The molecule has 8 nitrogen and oxygen atoms in total. The molecule has 37 heavy (non-hydrogen) atoms. The standard InChI is InChI=1S/C28H28ClN7O/c29-25-15-6-5-11-22(25)20-37-24-14-9-10-21(18-24)19-30-35-27-32-26(31-23-12-3-1-4-13-23)33-28(34-27)36-16-7-2-8-17-36/h1,3-6,9-15,18-19H,2,7-8,16-17,20H2,(H2,31,32,33,34,35)/b30-19-. The van der Waals surface area contributed by atoms with Gasteiger partial charge in [0, 0.05) is 29.4 Å². The van der Waals surface area contributed by atoms with Crippen LogP contribution < -0.4 is 20.4 Å². The maximum absolute atomic E-state index is 6.23. The van der Waals surface area contributed by atoms with Crippen molar-refractivity contribution < 1.29 is 4.74 Å². The quantitative estimate of drug-likeness (QED) is 0.201. The van der Waals surface area contributed by atoms with Gasteiger partial charge in [0.15, 0.2) is 0 Å². The average molecular weight is 514 g/mol. The van der Waals surface area contributed by atoms with Gasteiger partial charge in [0.1, 0.15) is 12.4 Å². The van der Waals surface area contributed by atoms with Crippen LogP contribution in [0.15, 0.2) is 84.0 Å². The molecule has 0 saturated carbocycles. The van der Waals surface area contributed by atoms with E-state index in [2.05, 4.69) is 35.7 Å². The number of anilines is 4. The summed E-state index contributed by atoms with van der Waals surface area (Å²) in [6.07, 6.45) is 5.19. The SMILES string of the molecule is Clc1ccccc1COc1cccc(/C=N\Nc2nc(Nc3ccccc3)nc(N3CCCCC3)n2)c1. The Hall–Kier alpha value is -4.17. The molecule has 0 radical (unpaired) electrons. The van der Waals surface area contributed by atoms with Crippen molar-refractivity contribution in [3.63, 3.8) is 0 Å². The fourth-order valence-electron chi connectivity index (χ4n) is 3.98. The zero-order chi connectivity index (χ0) is 25.3. The van der Waals surface area contributed by atoms with Crippen molar-refractivity contribution >= 4 is 41.3 Å². The van der Waals surface area contributed by atoms with E-state index in [4.69, 9.17) is 16.3 Å². The molecule has 0 unspecified atom stereocenters. The Kier molecular flexibility index (Phi) is 8.07. The molecule has 2 N–H and O–H groups in total. The number of ether oxygens (including phenoxy) is 1. The highest BCUT2D eigenvalue weighted by molar-refractivity contribution is 6.31. The molecule has 0 aliphatic carbocycles. The lowest BCUT2D eigenvalue weighted by atomic mass is 10.1. The molecule has 5 rings (SSSR count). The first kappa shape index (κ1) is 24.5. The van der Waals surface area contributed by atoms with Crippen molar-refractivity contribution in [2.75, 3.05) is 28.7 Å². The molecular formula is C28H28ClN7O. The van der Waals surface area contributed by atoms with Crippen molar-refractivity contribution in [2.45, 2.75) is 25.9 Å². The highest BCUT2D eigenvalue weighted by atomic mass is 35.5. The van der Waals surface area contributed by atoms with Gasteiger partial charge in [0.25, 0.3) is 0 Å². The first-order chi connectivity index (χ1) is 18.2. The molecule has 1 fully saturated rings. The lowest BCUT2D eigenvalue weighted by Crippen LogP contribution is -2.31. The molecule has 1 saturated heterocycles. The Balaban J connectivity index is 1.28. The third-order valence-corrected chi connectivity index (χ3v) is 6.25. The number of nitrogens with zero attached hydrogens (tertiary/aromatic N) is 5. The van der Waals surface area contributed by atoms with E-state index >= 15 is 0 Å². The van der Waals surface area contributed by atoms with Crippen LogP contribution in [0, 0.1) is 0 Å². The number of hydrazone groups is 1. The largest absolute Gasteiger partial charge is 0.489 e. The fraction of sp³-hybridized carbons (Fsp3) is 0.214. The molecule has 0 spiro atoms. The molecule has 3 aromatic carbocycles. The smallest absolute Gasteiger partial charge is 0.250 e. The van der Waals surface area contributed by atoms with Crippen LogP contribution in [0.3, 0.4) is 0 Å². The minimum Gasteiger partial charge on any atom is -0.489 e. The normalized spacial score (nSPS) is 13.5. The van der Waals surface area contributed by atoms with Gasteiger partial charge in [-0.1, -0.05) is 60.1 Å². The molecule has 1 aliphatic rings. The molecule has 0 amide bonds. The monoisotopic (exact) mass is 513 g/mol. The van der Waals surface area contributed by atoms with Crippen molar-refractivity contribution in [3.05, 3.63) is 95.0 Å². The van der Waals surface area contributed by atoms with Gasteiger partial charge in [-0.15, -0.1) is 0 Å². The highest BCUT2D eigenvalue weighted by Gasteiger charge is 2.16. The van der Waals surface area contributed by atoms with E-state index in [1.54, 1.807) is 6.21 Å². The van der Waals surface area contributed by atoms with Crippen LogP contribution in [-0.2, 0) is 6.61 Å². The summed E-state index contributed by atoms with van der Waals surface area (Å²) < 4.78 is 5.92. The van der Waals surface area contributed by atoms with E-state index in [1.165, 1.54) is 6.42 Å². The predicted octanol–water partition coefficient (Wildman–Crippen LogP) is 6.28. The number of aromatic nitrogens is 3. The number of nitrogens with one attached hydrogen (secondary N) is 2. The zero-order valence-electron chi connectivity index (χ0n) is 20.3. The van der Waals surface area contributed by atoms with Crippen LogP contribution in [0.4, 0.5) is 23.5 Å². The van der Waals surface area contributed by atoms with Gasteiger partial charge in [-0.3, -0.25) is 0 Å². The topological polar surface area (TPSA) is 87.6 Å². The summed E-state index contributed by atoms with van der Waals surface area (Å²) in [6.45, 7) is 2.25. The van der Waals surface area contributed by atoms with Crippen molar-refractivity contribution in [1.82, 2.24) is 15.0 Å². The maximum atomic E-state index is 6.23. The molecule has 1 aliphatic heterocycles. The molecule has 2 heterocycles. The van der Waals surface area contributed by atoms with E-state index in [-0.39, 0.29) is 0 Å². The van der Waals surface area contributed by atoms with Crippen molar-refractivity contribution in [2.24, 2.45) is 5.10 Å². The molecule has 1 aromatic heterocycles. The number of piperidine rings is 1.